The minimum Gasteiger partial charge on any atom is -0.403 e. The maximum atomic E-state index is 13.8. The van der Waals surface area contributed by atoms with Gasteiger partial charge in [-0.15, -0.1) is 13.2 Å². The number of anilines is 1. The fourth-order valence-corrected chi connectivity index (χ4v) is 5.66. The summed E-state index contributed by atoms with van der Waals surface area (Å²) in [5.74, 6) is -2.86. The van der Waals surface area contributed by atoms with Gasteiger partial charge < -0.3 is 4.74 Å². The van der Waals surface area contributed by atoms with Gasteiger partial charge in [0.05, 0.1) is 21.7 Å². The van der Waals surface area contributed by atoms with Crippen LogP contribution < -0.4 is 9.46 Å². The molecule has 3 aromatic rings. The molecule has 0 aliphatic rings. The molecule has 3 rings (SSSR count). The van der Waals surface area contributed by atoms with Crippen molar-refractivity contribution in [3.05, 3.63) is 65.2 Å². The lowest BCUT2D eigenvalue weighted by atomic mass is 10.1. The second-order valence-corrected chi connectivity index (χ2v) is 11.2. The molecule has 178 valence electrons. The first-order chi connectivity index (χ1) is 15.2. The number of nitrogens with one attached hydrogen (secondary N) is 1. The Morgan fingerprint density at radius 1 is 0.970 bits per heavy atom. The lowest BCUT2D eigenvalue weighted by Crippen LogP contribution is -2.18. The van der Waals surface area contributed by atoms with Crippen molar-refractivity contribution in [2.45, 2.75) is 22.6 Å². The molecule has 1 aromatic heterocycles. The van der Waals surface area contributed by atoms with E-state index in [4.69, 9.17) is 0 Å². The van der Waals surface area contributed by atoms with E-state index in [2.05, 4.69) is 14.4 Å². The smallest absolute Gasteiger partial charge is 0.403 e. The van der Waals surface area contributed by atoms with Crippen molar-refractivity contribution in [1.29, 1.82) is 0 Å². The summed E-state index contributed by atoms with van der Waals surface area (Å²) in [6.45, 7) is 0. The van der Waals surface area contributed by atoms with Crippen molar-refractivity contribution in [2.75, 3.05) is 10.5 Å². The number of sulfonamides is 1. The van der Waals surface area contributed by atoms with Crippen molar-refractivity contribution in [1.82, 2.24) is 4.98 Å². The summed E-state index contributed by atoms with van der Waals surface area (Å²) in [7, 11) is -8.07. The number of nitrogens with zero attached hydrogens (tertiary/aromatic N) is 1. The van der Waals surface area contributed by atoms with Crippen molar-refractivity contribution in [2.24, 2.45) is 0 Å². The molecule has 0 spiro atoms. The second-order valence-electron chi connectivity index (χ2n) is 6.43. The molecule has 2 aromatic carbocycles. The summed E-state index contributed by atoms with van der Waals surface area (Å²) in [5.41, 5.74) is 0.115. The third kappa shape index (κ3) is 6.61. The number of hydrogen-bond acceptors (Lipinski definition) is 7. The van der Waals surface area contributed by atoms with Gasteiger partial charge in [0.1, 0.15) is 0 Å². The van der Waals surface area contributed by atoms with Gasteiger partial charge in [-0.25, -0.2) is 26.2 Å². The normalized spacial score (nSPS) is 12.5. The molecule has 0 amide bonds. The van der Waals surface area contributed by atoms with Gasteiger partial charge in [0, 0.05) is 0 Å². The number of halogens is 5. The molecule has 0 radical (unpaired) electrons. The van der Waals surface area contributed by atoms with E-state index in [1.165, 1.54) is 0 Å². The van der Waals surface area contributed by atoms with Gasteiger partial charge in [-0.05, 0) is 48.4 Å². The van der Waals surface area contributed by atoms with Gasteiger partial charge in [0.25, 0.3) is 10.0 Å². The van der Waals surface area contributed by atoms with E-state index in [1.54, 1.807) is 0 Å². The van der Waals surface area contributed by atoms with Crippen LogP contribution in [0.25, 0.3) is 0 Å². The van der Waals surface area contributed by atoms with Crippen molar-refractivity contribution in [3.8, 4) is 5.75 Å². The maximum Gasteiger partial charge on any atom is 0.573 e. The number of aryl methyl sites for hydroxylation is 1. The highest BCUT2D eigenvalue weighted by Gasteiger charge is 2.32. The fourth-order valence-electron chi connectivity index (χ4n) is 2.58. The summed E-state index contributed by atoms with van der Waals surface area (Å²) in [5, 5.41) is -0.903. The number of rotatable bonds is 8. The van der Waals surface area contributed by atoms with E-state index in [0.717, 1.165) is 48.7 Å². The number of ether oxygens (including phenoxy) is 1. The first-order valence-corrected chi connectivity index (χ1v) is 12.7. The van der Waals surface area contributed by atoms with Crippen molar-refractivity contribution < 1.29 is 43.5 Å². The average molecular weight is 529 g/mol. The Balaban J connectivity index is 1.69. The van der Waals surface area contributed by atoms with Crippen LogP contribution in [0.3, 0.4) is 0 Å². The molecule has 0 atom stereocenters. The molecule has 0 aliphatic carbocycles. The van der Waals surface area contributed by atoms with Crippen LogP contribution in [-0.4, -0.2) is 33.9 Å². The van der Waals surface area contributed by atoms with Crippen LogP contribution in [-0.2, 0) is 26.3 Å². The Labute approximate surface area is 188 Å². The Bertz CT molecular complexity index is 1350. The summed E-state index contributed by atoms with van der Waals surface area (Å²) in [6, 6.07) is 6.73. The maximum absolute atomic E-state index is 13.8. The van der Waals surface area contributed by atoms with E-state index in [9.17, 15) is 38.8 Å². The lowest BCUT2D eigenvalue weighted by Gasteiger charge is -2.11. The molecule has 0 fully saturated rings. The fraction of sp³-hybridized carbons (Fsp3) is 0.167. The van der Waals surface area contributed by atoms with Crippen molar-refractivity contribution >= 4 is 36.3 Å². The third-order valence-electron chi connectivity index (χ3n) is 4.07. The van der Waals surface area contributed by atoms with Crippen LogP contribution in [0.2, 0.25) is 0 Å². The minimum atomic E-state index is -5.07. The summed E-state index contributed by atoms with van der Waals surface area (Å²) < 4.78 is 119. The topological polar surface area (TPSA) is 102 Å². The van der Waals surface area contributed by atoms with E-state index >= 15 is 0 Å². The zero-order valence-corrected chi connectivity index (χ0v) is 18.6. The zero-order chi connectivity index (χ0) is 24.4. The largest absolute Gasteiger partial charge is 0.573 e. The molecule has 0 bridgehead atoms. The molecule has 33 heavy (non-hydrogen) atoms. The van der Waals surface area contributed by atoms with Gasteiger partial charge in [-0.2, -0.15) is 4.39 Å². The molecule has 7 nitrogen and oxygen atoms in total. The highest BCUT2D eigenvalue weighted by Crippen LogP contribution is 2.27. The number of sulfone groups is 1. The van der Waals surface area contributed by atoms with Gasteiger partial charge >= 0.3 is 6.36 Å². The highest BCUT2D eigenvalue weighted by molar-refractivity contribution is 7.93. The van der Waals surface area contributed by atoms with Gasteiger partial charge in [-0.1, -0.05) is 17.4 Å². The van der Waals surface area contributed by atoms with Crippen molar-refractivity contribution in [3.63, 3.8) is 0 Å². The first kappa shape index (κ1) is 24.9. The SMILES string of the molecule is O=S(=O)(CCc1ccc(OC(F)(F)F)c(F)c1)c1ccc(S(=O)(=O)Nc2ncc(F)s2)cc1. The third-order valence-corrected chi connectivity index (χ3v) is 7.99. The van der Waals surface area contributed by atoms with Crippen LogP contribution >= 0.6 is 11.3 Å². The second kappa shape index (κ2) is 9.23. The van der Waals surface area contributed by atoms with Crippen LogP contribution in [0.1, 0.15) is 5.56 Å². The molecular weight excluding hydrogens is 515 g/mol. The standard InChI is InChI=1S/C18H13F5N2O5S3/c19-14-9-11(1-6-15(14)30-18(21,22)23)7-8-32(26,27)12-2-4-13(5-3-12)33(28,29)25-17-24-10-16(20)31-17/h1-6,9-10H,7-8H2,(H,24,25). The Kier molecular flexibility index (Phi) is 6.95. The van der Waals surface area contributed by atoms with E-state index in [0.29, 0.717) is 11.3 Å². The summed E-state index contributed by atoms with van der Waals surface area (Å²) in [6.07, 6.45) is -4.46. The molecular formula is C18H13F5N2O5S3. The predicted molar refractivity (Wildman–Crippen MR) is 108 cm³/mol. The first-order valence-electron chi connectivity index (χ1n) is 8.76. The summed E-state index contributed by atoms with van der Waals surface area (Å²) >= 11 is 0.471. The van der Waals surface area contributed by atoms with Crippen LogP contribution in [0.15, 0.2) is 58.5 Å². The number of alkyl halides is 3. The molecule has 0 saturated heterocycles. The van der Waals surface area contributed by atoms with E-state index in [1.807, 2.05) is 0 Å². The van der Waals surface area contributed by atoms with Gasteiger partial charge in [0.15, 0.2) is 31.7 Å². The number of benzene rings is 2. The minimum absolute atomic E-state index is 0.115. The van der Waals surface area contributed by atoms with E-state index in [-0.39, 0.29) is 26.9 Å². The molecule has 0 unspecified atom stereocenters. The van der Waals surface area contributed by atoms with E-state index < -0.39 is 48.7 Å². The monoisotopic (exact) mass is 528 g/mol. The summed E-state index contributed by atoms with van der Waals surface area (Å²) in [4.78, 5) is 3.02. The molecule has 1 heterocycles. The van der Waals surface area contributed by atoms with Gasteiger partial charge in [-0.3, -0.25) is 4.72 Å². The van der Waals surface area contributed by atoms with Crippen LogP contribution in [0.5, 0.6) is 5.75 Å². The quantitative estimate of drug-likeness (QED) is 0.441. The highest BCUT2D eigenvalue weighted by atomic mass is 32.2. The number of hydrogen-bond donors (Lipinski definition) is 1. The molecule has 1 N–H and O–H groups in total. The predicted octanol–water partition coefficient (Wildman–Crippen LogP) is 4.14. The van der Waals surface area contributed by atoms with Crippen LogP contribution in [0.4, 0.5) is 27.1 Å². The molecule has 0 saturated carbocycles. The zero-order valence-electron chi connectivity index (χ0n) is 16.1. The number of aromatic nitrogens is 1. The Hall–Kier alpha value is -2.78. The lowest BCUT2D eigenvalue weighted by molar-refractivity contribution is -0.275. The Morgan fingerprint density at radius 3 is 2.15 bits per heavy atom. The molecule has 0 aliphatic heterocycles. The molecule has 15 heteroatoms. The van der Waals surface area contributed by atoms with Crippen LogP contribution in [0, 0.1) is 10.9 Å². The van der Waals surface area contributed by atoms with Gasteiger partial charge in [0.2, 0.25) is 0 Å². The Morgan fingerprint density at radius 2 is 1.61 bits per heavy atom. The average Bonchev–Trinajstić information content (AvgIpc) is 3.11. The number of thiazole rings is 1.